The first-order valence-electron chi connectivity index (χ1n) is 7.75. The van der Waals surface area contributed by atoms with Gasteiger partial charge in [-0.1, -0.05) is 56.8 Å². The zero-order chi connectivity index (χ0) is 16.5. The van der Waals surface area contributed by atoms with Crippen LogP contribution < -0.4 is 0 Å². The van der Waals surface area contributed by atoms with Gasteiger partial charge in [-0.2, -0.15) is 0 Å². The van der Waals surface area contributed by atoms with Crippen molar-refractivity contribution < 1.29 is 9.59 Å². The lowest BCUT2D eigenvalue weighted by Gasteiger charge is -2.26. The molecule has 1 amide bonds. The third kappa shape index (κ3) is 3.92. The van der Waals surface area contributed by atoms with E-state index in [1.54, 1.807) is 6.92 Å². The first-order valence-corrected chi connectivity index (χ1v) is 8.63. The molecule has 0 radical (unpaired) electrons. The lowest BCUT2D eigenvalue weighted by atomic mass is 9.86. The number of thioether (sulfide) groups is 1. The number of amides is 1. The predicted molar refractivity (Wildman–Crippen MR) is 91.9 cm³/mol. The number of carbonyl (C=O) groups is 2. The van der Waals surface area contributed by atoms with Gasteiger partial charge in [-0.25, -0.2) is 0 Å². The maximum absolute atomic E-state index is 12.2. The van der Waals surface area contributed by atoms with Gasteiger partial charge < -0.3 is 4.90 Å². The molecule has 4 heteroatoms. The third-order valence-electron chi connectivity index (χ3n) is 4.18. The van der Waals surface area contributed by atoms with Crippen LogP contribution in [-0.2, 0) is 15.0 Å². The Balaban J connectivity index is 2.09. The summed E-state index contributed by atoms with van der Waals surface area (Å²) >= 11 is 1.29. The van der Waals surface area contributed by atoms with Crippen LogP contribution in [0.5, 0.6) is 0 Å². The first kappa shape index (κ1) is 17.1. The lowest BCUT2D eigenvalue weighted by molar-refractivity contribution is -0.129. The van der Waals surface area contributed by atoms with E-state index in [2.05, 4.69) is 52.0 Å². The minimum atomic E-state index is 0.0547. The van der Waals surface area contributed by atoms with Crippen LogP contribution in [0.1, 0.15) is 58.2 Å². The second-order valence-corrected chi connectivity index (χ2v) is 8.51. The molecule has 120 valence electrons. The van der Waals surface area contributed by atoms with Gasteiger partial charge in [0.25, 0.3) is 0 Å². The van der Waals surface area contributed by atoms with E-state index in [9.17, 15) is 9.59 Å². The van der Waals surface area contributed by atoms with Gasteiger partial charge in [0.15, 0.2) is 5.12 Å². The van der Waals surface area contributed by atoms with Crippen LogP contribution >= 0.6 is 11.8 Å². The molecule has 0 bridgehead atoms. The standard InChI is InChI=1S/C18H25NO2S/c1-12(14-6-8-15(9-7-14)18(3,4)5)19-11-16(10-17(19)21)22-13(2)20/h6-9,12,16H,10-11H2,1-5H3. The molecular weight excluding hydrogens is 294 g/mol. The molecule has 1 fully saturated rings. The molecule has 3 nitrogen and oxygen atoms in total. The SMILES string of the molecule is CC(=O)SC1CC(=O)N(C(C)c2ccc(C(C)(C)C)cc2)C1. The summed E-state index contributed by atoms with van der Waals surface area (Å²) in [5.74, 6) is 0.145. The van der Waals surface area contributed by atoms with Gasteiger partial charge in [-0.15, -0.1) is 0 Å². The molecule has 2 rings (SSSR count). The van der Waals surface area contributed by atoms with E-state index in [1.165, 1.54) is 17.3 Å². The van der Waals surface area contributed by atoms with Crippen LogP contribution in [0.25, 0.3) is 0 Å². The van der Waals surface area contributed by atoms with Crippen molar-refractivity contribution in [2.45, 2.75) is 57.7 Å². The van der Waals surface area contributed by atoms with E-state index in [0.717, 1.165) is 5.56 Å². The normalized spacial score (nSPS) is 20.3. The quantitative estimate of drug-likeness (QED) is 0.847. The number of likely N-dealkylation sites (tertiary alicyclic amines) is 1. The Morgan fingerprint density at radius 2 is 1.86 bits per heavy atom. The van der Waals surface area contributed by atoms with Crippen molar-refractivity contribution in [1.82, 2.24) is 4.90 Å². The zero-order valence-electron chi connectivity index (χ0n) is 14.1. The van der Waals surface area contributed by atoms with Gasteiger partial charge in [-0.05, 0) is 23.5 Å². The average Bonchev–Trinajstić information content (AvgIpc) is 2.77. The Morgan fingerprint density at radius 3 is 2.36 bits per heavy atom. The van der Waals surface area contributed by atoms with Gasteiger partial charge in [0, 0.05) is 25.1 Å². The predicted octanol–water partition coefficient (Wildman–Crippen LogP) is 3.93. The van der Waals surface area contributed by atoms with Crippen LogP contribution in [0.4, 0.5) is 0 Å². The molecule has 2 unspecified atom stereocenters. The molecule has 22 heavy (non-hydrogen) atoms. The second kappa shape index (κ2) is 6.45. The highest BCUT2D eigenvalue weighted by atomic mass is 32.2. The molecule has 2 atom stereocenters. The summed E-state index contributed by atoms with van der Waals surface area (Å²) in [6.45, 7) is 10.9. The minimum absolute atomic E-state index is 0.0547. The number of carbonyl (C=O) groups excluding carboxylic acids is 2. The molecule has 1 aromatic rings. The Labute approximate surface area is 137 Å². The third-order valence-corrected chi connectivity index (χ3v) is 5.16. The first-order chi connectivity index (χ1) is 10.2. The summed E-state index contributed by atoms with van der Waals surface area (Å²) in [7, 11) is 0. The van der Waals surface area contributed by atoms with E-state index >= 15 is 0 Å². The fraction of sp³-hybridized carbons (Fsp3) is 0.556. The topological polar surface area (TPSA) is 37.4 Å². The number of nitrogens with zero attached hydrogens (tertiary/aromatic N) is 1. The Bertz CT molecular complexity index is 559. The van der Waals surface area contributed by atoms with Crippen molar-refractivity contribution in [3.63, 3.8) is 0 Å². The average molecular weight is 319 g/mol. The van der Waals surface area contributed by atoms with E-state index < -0.39 is 0 Å². The molecule has 0 aliphatic carbocycles. The molecule has 0 N–H and O–H groups in total. The van der Waals surface area contributed by atoms with Crippen LogP contribution in [0.2, 0.25) is 0 Å². The highest BCUT2D eigenvalue weighted by molar-refractivity contribution is 8.14. The molecule has 1 aliphatic heterocycles. The van der Waals surface area contributed by atoms with Crippen LogP contribution in [0, 0.1) is 0 Å². The summed E-state index contributed by atoms with van der Waals surface area (Å²) in [6.07, 6.45) is 0.467. The van der Waals surface area contributed by atoms with Gasteiger partial charge in [-0.3, -0.25) is 9.59 Å². The van der Waals surface area contributed by atoms with E-state index in [0.29, 0.717) is 13.0 Å². The molecule has 1 heterocycles. The van der Waals surface area contributed by atoms with Crippen molar-refractivity contribution in [3.05, 3.63) is 35.4 Å². The van der Waals surface area contributed by atoms with Crippen molar-refractivity contribution in [2.75, 3.05) is 6.54 Å². The van der Waals surface area contributed by atoms with Crippen molar-refractivity contribution in [3.8, 4) is 0 Å². The minimum Gasteiger partial charge on any atom is -0.335 e. The van der Waals surface area contributed by atoms with Crippen LogP contribution in [0.3, 0.4) is 0 Å². The Kier molecular flexibility index (Phi) is 5.00. The van der Waals surface area contributed by atoms with Crippen LogP contribution in [-0.4, -0.2) is 27.7 Å². The fourth-order valence-corrected chi connectivity index (χ4v) is 3.76. The fourth-order valence-electron chi connectivity index (χ4n) is 2.83. The molecule has 1 saturated heterocycles. The van der Waals surface area contributed by atoms with Crippen molar-refractivity contribution in [1.29, 1.82) is 0 Å². The van der Waals surface area contributed by atoms with Gasteiger partial charge >= 0.3 is 0 Å². The van der Waals surface area contributed by atoms with E-state index in [1.807, 2.05) is 4.90 Å². The summed E-state index contributed by atoms with van der Waals surface area (Å²) in [5.41, 5.74) is 2.57. The molecule has 0 spiro atoms. The number of hydrogen-bond acceptors (Lipinski definition) is 3. The van der Waals surface area contributed by atoms with Crippen LogP contribution in [0.15, 0.2) is 24.3 Å². The van der Waals surface area contributed by atoms with Crippen molar-refractivity contribution >= 4 is 22.8 Å². The molecular formula is C18H25NO2S. The van der Waals surface area contributed by atoms with Gasteiger partial charge in [0.2, 0.25) is 5.91 Å². The smallest absolute Gasteiger partial charge is 0.224 e. The van der Waals surface area contributed by atoms with Crippen molar-refractivity contribution in [2.24, 2.45) is 0 Å². The lowest BCUT2D eigenvalue weighted by Crippen LogP contribution is -2.29. The number of benzene rings is 1. The molecule has 0 aromatic heterocycles. The largest absolute Gasteiger partial charge is 0.335 e. The maximum Gasteiger partial charge on any atom is 0.224 e. The van der Waals surface area contributed by atoms with E-state index in [4.69, 9.17) is 0 Å². The molecule has 0 saturated carbocycles. The Morgan fingerprint density at radius 1 is 1.27 bits per heavy atom. The summed E-state index contributed by atoms with van der Waals surface area (Å²) in [5, 5.41) is 0.183. The summed E-state index contributed by atoms with van der Waals surface area (Å²) < 4.78 is 0. The highest BCUT2D eigenvalue weighted by Crippen LogP contribution is 2.32. The Hall–Kier alpha value is -1.29. The summed E-state index contributed by atoms with van der Waals surface area (Å²) in [6, 6.07) is 8.58. The molecule has 1 aliphatic rings. The van der Waals surface area contributed by atoms with E-state index in [-0.39, 0.29) is 27.7 Å². The zero-order valence-corrected chi connectivity index (χ0v) is 14.9. The number of rotatable bonds is 3. The van der Waals surface area contributed by atoms with Gasteiger partial charge in [0.1, 0.15) is 0 Å². The summed E-state index contributed by atoms with van der Waals surface area (Å²) in [4.78, 5) is 25.3. The second-order valence-electron chi connectivity index (χ2n) is 7.03. The maximum atomic E-state index is 12.2. The molecule has 1 aromatic carbocycles. The number of hydrogen-bond donors (Lipinski definition) is 0. The van der Waals surface area contributed by atoms with Gasteiger partial charge in [0.05, 0.1) is 6.04 Å². The monoisotopic (exact) mass is 319 g/mol. The highest BCUT2D eigenvalue weighted by Gasteiger charge is 2.34.